The van der Waals surface area contributed by atoms with Crippen molar-refractivity contribution in [2.75, 3.05) is 18.4 Å². The van der Waals surface area contributed by atoms with Crippen LogP contribution in [-0.2, 0) is 17.9 Å². The van der Waals surface area contributed by atoms with Gasteiger partial charge in [-0.2, -0.15) is 5.10 Å². The lowest BCUT2D eigenvalue weighted by atomic mass is 10.2. The highest BCUT2D eigenvalue weighted by atomic mass is 35.5. The van der Waals surface area contributed by atoms with Gasteiger partial charge in [0.25, 0.3) is 0 Å². The lowest BCUT2D eigenvalue weighted by Gasteiger charge is -2.19. The van der Waals surface area contributed by atoms with Crippen LogP contribution >= 0.6 is 22.9 Å². The molecule has 0 atom stereocenters. The molecular formula is C20H21ClN4OS. The fourth-order valence-electron chi connectivity index (χ4n) is 2.73. The van der Waals surface area contributed by atoms with Crippen LogP contribution in [0.4, 0.5) is 5.82 Å². The molecule has 2 aromatic heterocycles. The second-order valence-corrected chi connectivity index (χ2v) is 7.49. The molecule has 5 nitrogen and oxygen atoms in total. The van der Waals surface area contributed by atoms with Gasteiger partial charge in [-0.1, -0.05) is 41.9 Å². The standard InChI is InChI=1S/C20H21ClN4OS/c1-2-11-24(14-17-7-5-12-27-17)15-20(26)23-19-9-10-22-25(19)13-16-6-3-4-8-18(16)21/h2-10,12H,1,11,13-15H2,(H,23,26). The largest absolute Gasteiger partial charge is 0.310 e. The van der Waals surface area contributed by atoms with Crippen LogP contribution < -0.4 is 5.32 Å². The number of carbonyl (C=O) groups excluding carboxylic acids is 1. The van der Waals surface area contributed by atoms with Crippen molar-refractivity contribution in [3.8, 4) is 0 Å². The maximum Gasteiger partial charge on any atom is 0.239 e. The molecular weight excluding hydrogens is 380 g/mol. The molecule has 27 heavy (non-hydrogen) atoms. The molecule has 0 bridgehead atoms. The van der Waals surface area contributed by atoms with E-state index in [-0.39, 0.29) is 12.5 Å². The average Bonchev–Trinajstić information content (AvgIpc) is 3.29. The summed E-state index contributed by atoms with van der Waals surface area (Å²) < 4.78 is 1.73. The third kappa shape index (κ3) is 5.53. The van der Waals surface area contributed by atoms with E-state index in [0.29, 0.717) is 23.9 Å². The Morgan fingerprint density at radius 1 is 1.30 bits per heavy atom. The highest BCUT2D eigenvalue weighted by Crippen LogP contribution is 2.18. The number of carbonyl (C=O) groups is 1. The normalized spacial score (nSPS) is 10.9. The third-order valence-electron chi connectivity index (χ3n) is 3.98. The molecule has 1 N–H and O–H groups in total. The van der Waals surface area contributed by atoms with Gasteiger partial charge in [0.05, 0.1) is 19.3 Å². The zero-order chi connectivity index (χ0) is 19.1. The summed E-state index contributed by atoms with van der Waals surface area (Å²) in [4.78, 5) is 15.8. The molecule has 1 amide bonds. The number of amides is 1. The first-order valence-electron chi connectivity index (χ1n) is 8.56. The number of halogens is 1. The molecule has 7 heteroatoms. The van der Waals surface area contributed by atoms with Gasteiger partial charge in [-0.3, -0.25) is 9.69 Å². The van der Waals surface area contributed by atoms with Crippen LogP contribution in [0.15, 0.2) is 66.7 Å². The number of aromatic nitrogens is 2. The van der Waals surface area contributed by atoms with Crippen LogP contribution in [0.5, 0.6) is 0 Å². The Morgan fingerprint density at radius 3 is 2.89 bits per heavy atom. The molecule has 0 fully saturated rings. The molecule has 1 aromatic carbocycles. The van der Waals surface area contributed by atoms with Crippen molar-refractivity contribution in [3.63, 3.8) is 0 Å². The lowest BCUT2D eigenvalue weighted by molar-refractivity contribution is -0.117. The Labute approximate surface area is 167 Å². The molecule has 0 saturated heterocycles. The van der Waals surface area contributed by atoms with E-state index >= 15 is 0 Å². The number of nitrogens with zero attached hydrogens (tertiary/aromatic N) is 3. The Kier molecular flexibility index (Phi) is 6.81. The van der Waals surface area contributed by atoms with Gasteiger partial charge in [0.1, 0.15) is 5.82 Å². The first-order valence-corrected chi connectivity index (χ1v) is 9.82. The van der Waals surface area contributed by atoms with E-state index < -0.39 is 0 Å². The fourth-order valence-corrected chi connectivity index (χ4v) is 3.67. The van der Waals surface area contributed by atoms with E-state index in [9.17, 15) is 4.79 Å². The second-order valence-electron chi connectivity index (χ2n) is 6.05. The molecule has 0 radical (unpaired) electrons. The monoisotopic (exact) mass is 400 g/mol. The smallest absolute Gasteiger partial charge is 0.239 e. The number of nitrogens with one attached hydrogen (secondary N) is 1. The molecule has 0 aliphatic rings. The second kappa shape index (κ2) is 9.50. The first kappa shape index (κ1) is 19.4. The Hall–Kier alpha value is -2.41. The molecule has 3 rings (SSSR count). The van der Waals surface area contributed by atoms with Crippen LogP contribution in [-0.4, -0.2) is 33.7 Å². The number of hydrogen-bond acceptors (Lipinski definition) is 4. The van der Waals surface area contributed by atoms with Gasteiger partial charge < -0.3 is 5.32 Å². The first-order chi connectivity index (χ1) is 13.2. The maximum atomic E-state index is 12.5. The SMILES string of the molecule is C=CCN(CC(=O)Nc1ccnn1Cc1ccccc1Cl)Cc1cccs1. The van der Waals surface area contributed by atoms with Crippen LogP contribution in [0, 0.1) is 0 Å². The van der Waals surface area contributed by atoms with Crippen molar-refractivity contribution in [3.05, 3.63) is 82.2 Å². The molecule has 3 aromatic rings. The average molecular weight is 401 g/mol. The molecule has 0 aliphatic heterocycles. The highest BCUT2D eigenvalue weighted by molar-refractivity contribution is 7.09. The van der Waals surface area contributed by atoms with Crippen molar-refractivity contribution < 1.29 is 4.79 Å². The van der Waals surface area contributed by atoms with Gasteiger partial charge >= 0.3 is 0 Å². The van der Waals surface area contributed by atoms with E-state index in [1.807, 2.05) is 46.7 Å². The summed E-state index contributed by atoms with van der Waals surface area (Å²) >= 11 is 7.91. The van der Waals surface area contributed by atoms with E-state index in [1.54, 1.807) is 28.3 Å². The summed E-state index contributed by atoms with van der Waals surface area (Å²) in [6.45, 7) is 5.92. The number of hydrogen-bond donors (Lipinski definition) is 1. The Bertz CT molecular complexity index is 891. The zero-order valence-electron chi connectivity index (χ0n) is 14.8. The van der Waals surface area contributed by atoms with Gasteiger partial charge in [-0.25, -0.2) is 4.68 Å². The minimum absolute atomic E-state index is 0.0886. The Balaban J connectivity index is 1.63. The predicted molar refractivity (Wildman–Crippen MR) is 111 cm³/mol. The predicted octanol–water partition coefficient (Wildman–Crippen LogP) is 4.27. The summed E-state index contributed by atoms with van der Waals surface area (Å²) in [5.41, 5.74) is 0.948. The van der Waals surface area contributed by atoms with Crippen LogP contribution in [0.1, 0.15) is 10.4 Å². The van der Waals surface area contributed by atoms with Gasteiger partial charge in [0.2, 0.25) is 5.91 Å². The van der Waals surface area contributed by atoms with Crippen molar-refractivity contribution >= 4 is 34.7 Å². The fraction of sp³-hybridized carbons (Fsp3) is 0.200. The van der Waals surface area contributed by atoms with E-state index in [1.165, 1.54) is 4.88 Å². The minimum Gasteiger partial charge on any atom is -0.310 e. The number of rotatable bonds is 9. The van der Waals surface area contributed by atoms with Gasteiger partial charge in [0, 0.05) is 29.1 Å². The van der Waals surface area contributed by atoms with Crippen molar-refractivity contribution in [1.82, 2.24) is 14.7 Å². The van der Waals surface area contributed by atoms with Crippen LogP contribution in [0.2, 0.25) is 5.02 Å². The van der Waals surface area contributed by atoms with Gasteiger partial charge in [0.15, 0.2) is 0 Å². The zero-order valence-corrected chi connectivity index (χ0v) is 16.4. The molecule has 0 unspecified atom stereocenters. The quantitative estimate of drug-likeness (QED) is 0.545. The molecule has 0 aliphatic carbocycles. The molecule has 0 spiro atoms. The van der Waals surface area contributed by atoms with Crippen LogP contribution in [0.25, 0.3) is 0 Å². The minimum atomic E-state index is -0.0886. The summed E-state index contributed by atoms with van der Waals surface area (Å²) in [6.07, 6.45) is 3.47. The van der Waals surface area contributed by atoms with Crippen molar-refractivity contribution in [1.29, 1.82) is 0 Å². The van der Waals surface area contributed by atoms with E-state index in [4.69, 9.17) is 11.6 Å². The number of thiophene rings is 1. The lowest BCUT2D eigenvalue weighted by Crippen LogP contribution is -2.33. The summed E-state index contributed by atoms with van der Waals surface area (Å²) in [7, 11) is 0. The summed E-state index contributed by atoms with van der Waals surface area (Å²) in [5.74, 6) is 0.559. The van der Waals surface area contributed by atoms with E-state index in [2.05, 4.69) is 23.1 Å². The maximum absolute atomic E-state index is 12.5. The highest BCUT2D eigenvalue weighted by Gasteiger charge is 2.13. The number of anilines is 1. The van der Waals surface area contributed by atoms with Crippen molar-refractivity contribution in [2.45, 2.75) is 13.1 Å². The van der Waals surface area contributed by atoms with Crippen LogP contribution in [0.3, 0.4) is 0 Å². The molecule has 140 valence electrons. The molecule has 0 saturated carbocycles. The summed E-state index contributed by atoms with van der Waals surface area (Å²) in [5, 5.41) is 9.96. The summed E-state index contributed by atoms with van der Waals surface area (Å²) in [6, 6.07) is 13.5. The van der Waals surface area contributed by atoms with Crippen molar-refractivity contribution in [2.24, 2.45) is 0 Å². The van der Waals surface area contributed by atoms with Gasteiger partial charge in [-0.15, -0.1) is 17.9 Å². The molecule has 2 heterocycles. The topological polar surface area (TPSA) is 50.2 Å². The van der Waals surface area contributed by atoms with E-state index in [0.717, 1.165) is 12.1 Å². The third-order valence-corrected chi connectivity index (χ3v) is 5.21. The number of benzene rings is 1. The van der Waals surface area contributed by atoms with Gasteiger partial charge in [-0.05, 0) is 23.1 Å². The Morgan fingerprint density at radius 2 is 2.15 bits per heavy atom.